The lowest BCUT2D eigenvalue weighted by Gasteiger charge is -2.13. The number of imidazole rings is 1. The first-order valence-electron chi connectivity index (χ1n) is 5.99. The summed E-state index contributed by atoms with van der Waals surface area (Å²) in [5, 5.41) is 0.0834. The Morgan fingerprint density at radius 1 is 1.42 bits per heavy atom. The zero-order valence-corrected chi connectivity index (χ0v) is 11.6. The number of pyridine rings is 1. The number of nitrogens with zero attached hydrogens (tertiary/aromatic N) is 2. The molecule has 102 valence electrons. The van der Waals surface area contributed by atoms with Crippen molar-refractivity contribution < 1.29 is 8.42 Å². The lowest BCUT2D eigenvalue weighted by Crippen LogP contribution is -2.27. The highest BCUT2D eigenvalue weighted by Gasteiger charge is 2.20. The van der Waals surface area contributed by atoms with Crippen molar-refractivity contribution in [1.29, 1.82) is 0 Å². The molecule has 0 aliphatic rings. The molecular weight excluding hydrogens is 264 g/mol. The van der Waals surface area contributed by atoms with E-state index in [1.165, 1.54) is 6.20 Å². The average molecular weight is 280 g/mol. The Bertz CT molecular complexity index is 637. The van der Waals surface area contributed by atoms with E-state index in [2.05, 4.69) is 19.7 Å². The van der Waals surface area contributed by atoms with Crippen LogP contribution < -0.4 is 4.72 Å². The van der Waals surface area contributed by atoms with Gasteiger partial charge < -0.3 is 4.98 Å². The third kappa shape index (κ3) is 3.18. The number of aryl methyl sites for hydroxylation is 1. The molecule has 19 heavy (non-hydrogen) atoms. The van der Waals surface area contributed by atoms with Gasteiger partial charge in [-0.05, 0) is 18.6 Å². The number of H-pyrrole nitrogens is 1. The number of rotatable bonds is 5. The number of nitrogens with one attached hydrogen (secondary N) is 2. The van der Waals surface area contributed by atoms with E-state index in [-0.39, 0.29) is 11.1 Å². The summed E-state index contributed by atoms with van der Waals surface area (Å²) in [5.41, 5.74) is 0.807. The van der Waals surface area contributed by atoms with E-state index in [1.807, 2.05) is 13.0 Å². The maximum atomic E-state index is 12.1. The van der Waals surface area contributed by atoms with E-state index in [0.717, 1.165) is 5.56 Å². The van der Waals surface area contributed by atoms with E-state index >= 15 is 0 Å². The van der Waals surface area contributed by atoms with Crippen molar-refractivity contribution >= 4 is 10.0 Å². The number of sulfonamides is 1. The molecule has 0 spiro atoms. The van der Waals surface area contributed by atoms with Gasteiger partial charge >= 0.3 is 0 Å². The van der Waals surface area contributed by atoms with Gasteiger partial charge in [0.15, 0.2) is 5.03 Å². The summed E-state index contributed by atoms with van der Waals surface area (Å²) in [6.07, 6.45) is 5.27. The van der Waals surface area contributed by atoms with Gasteiger partial charge in [0, 0.05) is 24.9 Å². The summed E-state index contributed by atoms with van der Waals surface area (Å²) in [4.78, 5) is 10.7. The van der Waals surface area contributed by atoms with Crippen molar-refractivity contribution in [1.82, 2.24) is 19.7 Å². The van der Waals surface area contributed by atoms with Gasteiger partial charge in [-0.15, -0.1) is 0 Å². The van der Waals surface area contributed by atoms with Crippen LogP contribution in [-0.4, -0.2) is 23.4 Å². The van der Waals surface area contributed by atoms with E-state index in [1.54, 1.807) is 25.4 Å². The van der Waals surface area contributed by atoms with Crippen LogP contribution in [0.3, 0.4) is 0 Å². The summed E-state index contributed by atoms with van der Waals surface area (Å²) >= 11 is 0. The molecule has 0 radical (unpaired) electrons. The quantitative estimate of drug-likeness (QED) is 0.866. The Balaban J connectivity index is 2.17. The van der Waals surface area contributed by atoms with Crippen LogP contribution in [0.25, 0.3) is 0 Å². The number of hydrogen-bond acceptors (Lipinski definition) is 4. The minimum atomic E-state index is -3.59. The van der Waals surface area contributed by atoms with Crippen LogP contribution in [0.15, 0.2) is 35.7 Å². The zero-order valence-electron chi connectivity index (χ0n) is 10.8. The highest BCUT2D eigenvalue weighted by Crippen LogP contribution is 2.14. The molecule has 1 unspecified atom stereocenters. The molecule has 2 aromatic heterocycles. The summed E-state index contributed by atoms with van der Waals surface area (Å²) in [7, 11) is -3.59. The number of aromatic amines is 1. The maximum absolute atomic E-state index is 12.1. The molecule has 7 heteroatoms. The standard InChI is InChI=1S/C12H16N4O2S/c1-3-11-14-8-12(15-11)19(17,18)16-9(2)10-5-4-6-13-7-10/h4-9,16H,3H2,1-2H3,(H,14,15). The Labute approximate surface area is 112 Å². The van der Waals surface area contributed by atoms with Crippen LogP contribution in [-0.2, 0) is 16.4 Å². The van der Waals surface area contributed by atoms with Crippen LogP contribution in [0.1, 0.15) is 31.3 Å². The topological polar surface area (TPSA) is 87.7 Å². The molecule has 0 aliphatic heterocycles. The first kappa shape index (κ1) is 13.7. The van der Waals surface area contributed by atoms with Crippen molar-refractivity contribution in [3.63, 3.8) is 0 Å². The lowest BCUT2D eigenvalue weighted by atomic mass is 10.2. The van der Waals surface area contributed by atoms with Gasteiger partial charge in [0.2, 0.25) is 0 Å². The zero-order chi connectivity index (χ0) is 13.9. The van der Waals surface area contributed by atoms with E-state index in [9.17, 15) is 8.42 Å². The molecule has 0 aliphatic carbocycles. The second kappa shape index (κ2) is 5.50. The lowest BCUT2D eigenvalue weighted by molar-refractivity contribution is 0.563. The first-order valence-corrected chi connectivity index (χ1v) is 7.47. The van der Waals surface area contributed by atoms with Crippen molar-refractivity contribution in [2.75, 3.05) is 0 Å². The van der Waals surface area contributed by atoms with Crippen LogP contribution in [0, 0.1) is 0 Å². The van der Waals surface area contributed by atoms with Gasteiger partial charge in [-0.2, -0.15) is 0 Å². The SMILES string of the molecule is CCc1ncc(S(=O)(=O)NC(C)c2cccnc2)[nH]1. The molecular formula is C12H16N4O2S. The number of aromatic nitrogens is 3. The highest BCUT2D eigenvalue weighted by molar-refractivity contribution is 7.89. The van der Waals surface area contributed by atoms with Gasteiger partial charge in [0.25, 0.3) is 10.0 Å². The smallest absolute Gasteiger partial charge is 0.258 e. The second-order valence-corrected chi connectivity index (χ2v) is 5.86. The van der Waals surface area contributed by atoms with Crippen LogP contribution in [0.4, 0.5) is 0 Å². The predicted octanol–water partition coefficient (Wildman–Crippen LogP) is 1.41. The molecule has 0 bridgehead atoms. The van der Waals surface area contributed by atoms with Crippen molar-refractivity contribution in [3.05, 3.63) is 42.1 Å². The van der Waals surface area contributed by atoms with Crippen LogP contribution >= 0.6 is 0 Å². The molecule has 6 nitrogen and oxygen atoms in total. The molecule has 0 aromatic carbocycles. The largest absolute Gasteiger partial charge is 0.332 e. The molecule has 2 aromatic rings. The van der Waals surface area contributed by atoms with Crippen LogP contribution in [0.5, 0.6) is 0 Å². The van der Waals surface area contributed by atoms with Crippen molar-refractivity contribution in [3.8, 4) is 0 Å². The molecule has 1 atom stereocenters. The predicted molar refractivity (Wildman–Crippen MR) is 70.9 cm³/mol. The summed E-state index contributed by atoms with van der Waals surface area (Å²) in [6, 6.07) is 3.24. The van der Waals surface area contributed by atoms with Gasteiger partial charge in [0.05, 0.1) is 6.20 Å². The molecule has 2 N–H and O–H groups in total. The fourth-order valence-corrected chi connectivity index (χ4v) is 2.83. The van der Waals surface area contributed by atoms with Crippen molar-refractivity contribution in [2.45, 2.75) is 31.3 Å². The Morgan fingerprint density at radius 3 is 2.79 bits per heavy atom. The van der Waals surface area contributed by atoms with E-state index in [0.29, 0.717) is 12.2 Å². The first-order chi connectivity index (χ1) is 9.03. The molecule has 2 heterocycles. The molecule has 0 amide bonds. The second-order valence-electron chi connectivity index (χ2n) is 4.18. The van der Waals surface area contributed by atoms with E-state index < -0.39 is 10.0 Å². The van der Waals surface area contributed by atoms with Gasteiger partial charge in [-0.3, -0.25) is 4.98 Å². The van der Waals surface area contributed by atoms with Gasteiger partial charge in [0.1, 0.15) is 5.82 Å². The van der Waals surface area contributed by atoms with Crippen LogP contribution in [0.2, 0.25) is 0 Å². The molecule has 2 rings (SSSR count). The minimum absolute atomic E-state index is 0.0834. The molecule has 0 saturated heterocycles. The fourth-order valence-electron chi connectivity index (χ4n) is 1.66. The fraction of sp³-hybridized carbons (Fsp3) is 0.333. The normalized spacial score (nSPS) is 13.4. The third-order valence-electron chi connectivity index (χ3n) is 2.75. The minimum Gasteiger partial charge on any atom is -0.332 e. The van der Waals surface area contributed by atoms with Crippen molar-refractivity contribution in [2.24, 2.45) is 0 Å². The summed E-state index contributed by atoms with van der Waals surface area (Å²) in [5.74, 6) is 0.648. The Kier molecular flexibility index (Phi) is 3.96. The van der Waals surface area contributed by atoms with Gasteiger partial charge in [-0.25, -0.2) is 18.1 Å². The number of hydrogen-bond donors (Lipinski definition) is 2. The molecule has 0 saturated carbocycles. The molecule has 0 fully saturated rings. The summed E-state index contributed by atoms with van der Waals surface area (Å²) in [6.45, 7) is 3.67. The van der Waals surface area contributed by atoms with E-state index in [4.69, 9.17) is 0 Å². The average Bonchev–Trinajstić information content (AvgIpc) is 2.89. The highest BCUT2D eigenvalue weighted by atomic mass is 32.2. The third-order valence-corrected chi connectivity index (χ3v) is 4.20. The van der Waals surface area contributed by atoms with Gasteiger partial charge in [-0.1, -0.05) is 13.0 Å². The Hall–Kier alpha value is -1.73. The monoisotopic (exact) mass is 280 g/mol. The maximum Gasteiger partial charge on any atom is 0.258 e. The summed E-state index contributed by atoms with van der Waals surface area (Å²) < 4.78 is 26.9. The Morgan fingerprint density at radius 2 is 2.21 bits per heavy atom.